The number of hydrogen-bond acceptors (Lipinski definition) is 6. The van der Waals surface area contributed by atoms with Gasteiger partial charge in [-0.05, 0) is 48.5 Å². The van der Waals surface area contributed by atoms with Crippen molar-refractivity contribution in [2.24, 2.45) is 0 Å². The summed E-state index contributed by atoms with van der Waals surface area (Å²) < 4.78 is 48.9. The third-order valence-electron chi connectivity index (χ3n) is 5.19. The maximum absolute atomic E-state index is 13.0. The molecular weight excluding hydrogens is 413 g/mol. The molecule has 154 valence electrons. The van der Waals surface area contributed by atoms with Gasteiger partial charge >= 0.3 is 0 Å². The van der Waals surface area contributed by atoms with Crippen LogP contribution in [-0.2, 0) is 9.84 Å². The summed E-state index contributed by atoms with van der Waals surface area (Å²) in [7, 11) is -3.62. The predicted molar refractivity (Wildman–Crippen MR) is 103 cm³/mol. The van der Waals surface area contributed by atoms with Gasteiger partial charge in [-0.25, -0.2) is 12.8 Å². The van der Waals surface area contributed by atoms with E-state index in [-0.39, 0.29) is 36.4 Å². The Morgan fingerprint density at radius 2 is 1.80 bits per heavy atom. The Hall–Kier alpha value is -3.40. The zero-order valence-electron chi connectivity index (χ0n) is 15.5. The molecule has 1 N–H and O–H groups in total. The highest BCUT2D eigenvalue weighted by atomic mass is 32.2. The van der Waals surface area contributed by atoms with Crippen molar-refractivity contribution < 1.29 is 27.1 Å². The molecule has 0 aliphatic carbocycles. The minimum atomic E-state index is -3.62. The molecule has 0 radical (unpaired) electrons. The van der Waals surface area contributed by atoms with E-state index in [9.17, 15) is 17.6 Å². The van der Waals surface area contributed by atoms with E-state index in [0.29, 0.717) is 17.2 Å². The molecule has 5 rings (SSSR count). The molecule has 0 spiro atoms. The van der Waals surface area contributed by atoms with Crippen molar-refractivity contribution in [2.45, 2.75) is 10.1 Å². The molecule has 10 heteroatoms. The van der Waals surface area contributed by atoms with Crippen LogP contribution in [-0.4, -0.2) is 54.6 Å². The van der Waals surface area contributed by atoms with Gasteiger partial charge in [-0.3, -0.25) is 9.89 Å². The molecule has 0 saturated carbocycles. The molecule has 3 heterocycles. The fourth-order valence-corrected chi connectivity index (χ4v) is 5.08. The first-order chi connectivity index (χ1) is 14.4. The first-order valence-corrected chi connectivity index (χ1v) is 10.7. The van der Waals surface area contributed by atoms with Crippen LogP contribution in [0, 0.1) is 5.82 Å². The molecule has 2 aliphatic rings. The Labute approximate surface area is 171 Å². The molecule has 2 aromatic carbocycles. The summed E-state index contributed by atoms with van der Waals surface area (Å²) in [5, 5.41) is 6.16. The topological polar surface area (TPSA) is 102 Å². The summed E-state index contributed by atoms with van der Waals surface area (Å²) in [6.07, 6.45) is 0. The second kappa shape index (κ2) is 6.84. The fraction of sp³-hybridized carbons (Fsp3) is 0.200. The van der Waals surface area contributed by atoms with E-state index in [1.165, 1.54) is 17.0 Å². The van der Waals surface area contributed by atoms with Gasteiger partial charge in [0.1, 0.15) is 16.8 Å². The zero-order valence-corrected chi connectivity index (χ0v) is 16.4. The molecule has 0 atom stereocenters. The number of hydrogen-bond donors (Lipinski definition) is 1. The van der Waals surface area contributed by atoms with E-state index in [0.717, 1.165) is 17.7 Å². The number of carbonyl (C=O) groups is 1. The second-order valence-corrected chi connectivity index (χ2v) is 9.29. The fourth-order valence-electron chi connectivity index (χ4n) is 3.42. The number of fused-ring (bicyclic) bond motifs is 1. The van der Waals surface area contributed by atoms with E-state index in [1.54, 1.807) is 18.2 Å². The van der Waals surface area contributed by atoms with E-state index in [2.05, 4.69) is 10.2 Å². The van der Waals surface area contributed by atoms with Gasteiger partial charge in [0, 0.05) is 18.7 Å². The van der Waals surface area contributed by atoms with Crippen LogP contribution in [0.25, 0.3) is 11.3 Å². The van der Waals surface area contributed by atoms with E-state index < -0.39 is 20.9 Å². The maximum Gasteiger partial charge on any atom is 0.271 e. The summed E-state index contributed by atoms with van der Waals surface area (Å²) in [6.45, 7) is 0.299. The van der Waals surface area contributed by atoms with Crippen molar-refractivity contribution >= 4 is 15.7 Å². The number of likely N-dealkylation sites (tertiary alicyclic amines) is 1. The maximum atomic E-state index is 13.0. The van der Waals surface area contributed by atoms with Gasteiger partial charge in [-0.2, -0.15) is 5.10 Å². The van der Waals surface area contributed by atoms with Crippen LogP contribution in [0.3, 0.4) is 0 Å². The number of halogens is 1. The number of carbonyl (C=O) groups excluding carboxylic acids is 1. The lowest BCUT2D eigenvalue weighted by molar-refractivity contribution is 0.0652. The summed E-state index contributed by atoms with van der Waals surface area (Å²) in [5.74, 6) is 0.427. The van der Waals surface area contributed by atoms with Gasteiger partial charge in [-0.15, -0.1) is 0 Å². The summed E-state index contributed by atoms with van der Waals surface area (Å²) in [5.41, 5.74) is 1.59. The minimum absolute atomic E-state index is 0.0487. The molecule has 30 heavy (non-hydrogen) atoms. The molecule has 1 amide bonds. The largest absolute Gasteiger partial charge is 0.454 e. The zero-order chi connectivity index (χ0) is 20.9. The van der Waals surface area contributed by atoms with E-state index >= 15 is 0 Å². The van der Waals surface area contributed by atoms with Gasteiger partial charge in [0.05, 0.1) is 10.6 Å². The lowest BCUT2D eigenvalue weighted by Gasteiger charge is -2.38. The normalized spacial score (nSPS) is 15.8. The third-order valence-corrected chi connectivity index (χ3v) is 7.30. The van der Waals surface area contributed by atoms with Crippen molar-refractivity contribution in [2.75, 3.05) is 19.9 Å². The van der Waals surface area contributed by atoms with Crippen LogP contribution in [0.1, 0.15) is 10.5 Å². The van der Waals surface area contributed by atoms with Crippen LogP contribution in [0.5, 0.6) is 11.5 Å². The van der Waals surface area contributed by atoms with Crippen molar-refractivity contribution in [3.63, 3.8) is 0 Å². The molecule has 1 aromatic heterocycles. The molecule has 0 bridgehead atoms. The smallest absolute Gasteiger partial charge is 0.271 e. The van der Waals surface area contributed by atoms with E-state index in [4.69, 9.17) is 9.47 Å². The Morgan fingerprint density at radius 3 is 2.57 bits per heavy atom. The standard InChI is InChI=1S/C20H16FN3O5S/c21-13-2-4-14(5-3-13)30(26,27)15-9-24(10-15)20(25)17-8-16(22-23-17)12-1-6-18-19(7-12)29-11-28-18/h1-8,15H,9-11H2,(H,22,23). The lowest BCUT2D eigenvalue weighted by atomic mass is 10.1. The second-order valence-electron chi connectivity index (χ2n) is 7.07. The van der Waals surface area contributed by atoms with Crippen LogP contribution >= 0.6 is 0 Å². The highest BCUT2D eigenvalue weighted by Gasteiger charge is 2.41. The van der Waals surface area contributed by atoms with Crippen molar-refractivity contribution in [3.05, 3.63) is 60.0 Å². The van der Waals surface area contributed by atoms with Crippen molar-refractivity contribution in [1.29, 1.82) is 0 Å². The van der Waals surface area contributed by atoms with Crippen molar-refractivity contribution in [1.82, 2.24) is 15.1 Å². The quantitative estimate of drug-likeness (QED) is 0.639. The number of nitrogens with one attached hydrogen (secondary N) is 1. The lowest BCUT2D eigenvalue weighted by Crippen LogP contribution is -2.56. The summed E-state index contributed by atoms with van der Waals surface area (Å²) >= 11 is 0. The number of aromatic nitrogens is 2. The average Bonchev–Trinajstić information content (AvgIpc) is 3.36. The number of sulfone groups is 1. The molecule has 1 saturated heterocycles. The van der Waals surface area contributed by atoms with Gasteiger partial charge in [-0.1, -0.05) is 0 Å². The Bertz CT molecular complexity index is 1230. The Balaban J connectivity index is 1.28. The van der Waals surface area contributed by atoms with Gasteiger partial charge in [0.2, 0.25) is 6.79 Å². The SMILES string of the molecule is O=C(c1cc(-c2ccc3c(c2)OCO3)n[nH]1)N1CC(S(=O)(=O)c2ccc(F)cc2)C1. The molecule has 2 aliphatic heterocycles. The van der Waals surface area contributed by atoms with Crippen LogP contribution in [0.15, 0.2) is 53.4 Å². The summed E-state index contributed by atoms with van der Waals surface area (Å²) in [4.78, 5) is 14.2. The van der Waals surface area contributed by atoms with Crippen LogP contribution in [0.2, 0.25) is 0 Å². The average molecular weight is 429 g/mol. The van der Waals surface area contributed by atoms with Crippen LogP contribution < -0.4 is 9.47 Å². The summed E-state index contributed by atoms with van der Waals surface area (Å²) in [6, 6.07) is 11.7. The van der Waals surface area contributed by atoms with Gasteiger partial charge < -0.3 is 14.4 Å². The monoisotopic (exact) mass is 429 g/mol. The molecule has 8 nitrogen and oxygen atoms in total. The molecule has 0 unspecified atom stereocenters. The number of amides is 1. The number of aromatic amines is 1. The first kappa shape index (κ1) is 18.6. The minimum Gasteiger partial charge on any atom is -0.454 e. The number of rotatable bonds is 4. The van der Waals surface area contributed by atoms with E-state index in [1.807, 2.05) is 6.07 Å². The highest BCUT2D eigenvalue weighted by molar-refractivity contribution is 7.92. The van der Waals surface area contributed by atoms with Gasteiger partial charge in [0.15, 0.2) is 21.3 Å². The Kier molecular flexibility index (Phi) is 4.24. The number of benzene rings is 2. The molecular formula is C20H16FN3O5S. The molecule has 1 fully saturated rings. The predicted octanol–water partition coefficient (Wildman–Crippen LogP) is 2.24. The number of nitrogens with zero attached hydrogens (tertiary/aromatic N) is 2. The molecule has 3 aromatic rings. The first-order valence-electron chi connectivity index (χ1n) is 9.16. The Morgan fingerprint density at radius 1 is 1.07 bits per heavy atom. The number of H-pyrrole nitrogens is 1. The third kappa shape index (κ3) is 3.09. The van der Waals surface area contributed by atoms with Crippen LogP contribution in [0.4, 0.5) is 4.39 Å². The highest BCUT2D eigenvalue weighted by Crippen LogP contribution is 2.35. The number of ether oxygens (including phenoxy) is 2. The van der Waals surface area contributed by atoms with Crippen molar-refractivity contribution in [3.8, 4) is 22.8 Å². The van der Waals surface area contributed by atoms with Gasteiger partial charge in [0.25, 0.3) is 5.91 Å².